The zero-order chi connectivity index (χ0) is 16.2. The molecule has 1 aromatic heterocycles. The number of benzene rings is 1. The van der Waals surface area contributed by atoms with E-state index in [4.69, 9.17) is 0 Å². The lowest BCUT2D eigenvalue weighted by Crippen LogP contribution is -2.31. The van der Waals surface area contributed by atoms with Crippen molar-refractivity contribution in [3.05, 3.63) is 77.0 Å². The van der Waals surface area contributed by atoms with Crippen molar-refractivity contribution in [2.45, 2.75) is 18.7 Å². The second-order valence-electron chi connectivity index (χ2n) is 4.97. The van der Waals surface area contributed by atoms with E-state index >= 15 is 0 Å². The van der Waals surface area contributed by atoms with Gasteiger partial charge in [-0.1, -0.05) is 36.4 Å². The molecule has 1 heterocycles. The van der Waals surface area contributed by atoms with Crippen LogP contribution in [0.5, 0.6) is 0 Å². The van der Waals surface area contributed by atoms with Crippen molar-refractivity contribution in [2.24, 2.45) is 0 Å². The maximum absolute atomic E-state index is 12.5. The number of hydrogen-bond acceptors (Lipinski definition) is 4. The fourth-order valence-corrected chi connectivity index (χ4v) is 3.26. The van der Waals surface area contributed by atoms with Gasteiger partial charge in [0.05, 0.1) is 5.75 Å². The highest BCUT2D eigenvalue weighted by molar-refractivity contribution is 7.91. The van der Waals surface area contributed by atoms with Gasteiger partial charge in [0.2, 0.25) is 0 Å². The van der Waals surface area contributed by atoms with Crippen molar-refractivity contribution < 1.29 is 8.42 Å². The molecule has 1 atom stereocenters. The van der Waals surface area contributed by atoms with E-state index in [0.717, 1.165) is 5.56 Å². The third-order valence-electron chi connectivity index (χ3n) is 3.42. The minimum absolute atomic E-state index is 0.170. The van der Waals surface area contributed by atoms with Crippen LogP contribution in [0.2, 0.25) is 0 Å². The molecule has 6 heteroatoms. The Morgan fingerprint density at radius 1 is 1.32 bits per heavy atom. The van der Waals surface area contributed by atoms with Gasteiger partial charge >= 0.3 is 0 Å². The lowest BCUT2D eigenvalue weighted by atomic mass is 10.1. The van der Waals surface area contributed by atoms with Crippen LogP contribution in [0, 0.1) is 0 Å². The van der Waals surface area contributed by atoms with Gasteiger partial charge < -0.3 is 0 Å². The van der Waals surface area contributed by atoms with E-state index < -0.39 is 15.2 Å². The number of aromatic nitrogens is 2. The quantitative estimate of drug-likeness (QED) is 0.763. The van der Waals surface area contributed by atoms with Crippen LogP contribution in [0.4, 0.5) is 0 Å². The first-order valence-corrected chi connectivity index (χ1v) is 8.59. The van der Waals surface area contributed by atoms with Crippen LogP contribution < -0.4 is 5.56 Å². The number of sulfone groups is 1. The van der Waals surface area contributed by atoms with Gasteiger partial charge in [-0.05, 0) is 12.5 Å². The largest absolute Gasteiger partial charge is 0.295 e. The van der Waals surface area contributed by atoms with E-state index in [9.17, 15) is 13.2 Å². The summed E-state index contributed by atoms with van der Waals surface area (Å²) in [7, 11) is -3.46. The van der Waals surface area contributed by atoms with Crippen molar-refractivity contribution in [1.82, 2.24) is 9.55 Å². The molecule has 116 valence electrons. The lowest BCUT2D eigenvalue weighted by Gasteiger charge is -2.15. The molecule has 0 aliphatic carbocycles. The summed E-state index contributed by atoms with van der Waals surface area (Å²) in [6.07, 6.45) is 4.55. The Morgan fingerprint density at radius 2 is 2.00 bits per heavy atom. The van der Waals surface area contributed by atoms with Crippen LogP contribution in [0.3, 0.4) is 0 Å². The zero-order valence-corrected chi connectivity index (χ0v) is 13.2. The second-order valence-corrected chi connectivity index (χ2v) is 7.31. The van der Waals surface area contributed by atoms with Crippen molar-refractivity contribution >= 4 is 9.84 Å². The van der Waals surface area contributed by atoms with Crippen LogP contribution in [0.15, 0.2) is 60.2 Å². The molecule has 0 saturated heterocycles. The molecule has 0 fully saturated rings. The highest BCUT2D eigenvalue weighted by Gasteiger charge is 2.22. The molecule has 0 bridgehead atoms. The lowest BCUT2D eigenvalue weighted by molar-refractivity contribution is 0.554. The van der Waals surface area contributed by atoms with Crippen molar-refractivity contribution in [2.75, 3.05) is 5.75 Å². The smallest absolute Gasteiger partial charge is 0.273 e. The summed E-state index contributed by atoms with van der Waals surface area (Å²) in [6, 6.07) is 9.46. The summed E-state index contributed by atoms with van der Waals surface area (Å²) in [6.45, 7) is 4.93. The molecule has 1 unspecified atom stereocenters. The first-order chi connectivity index (χ1) is 10.5. The predicted octanol–water partition coefficient (Wildman–Crippen LogP) is 1.95. The van der Waals surface area contributed by atoms with Gasteiger partial charge in [0.25, 0.3) is 5.56 Å². The molecule has 0 aliphatic heterocycles. The average Bonchev–Trinajstić information content (AvgIpc) is 2.50. The van der Waals surface area contributed by atoms with Gasteiger partial charge in [-0.15, -0.1) is 6.58 Å². The zero-order valence-electron chi connectivity index (χ0n) is 12.3. The highest BCUT2D eigenvalue weighted by atomic mass is 32.2. The molecule has 5 nitrogen and oxygen atoms in total. The number of rotatable bonds is 6. The summed E-state index contributed by atoms with van der Waals surface area (Å²) in [5.41, 5.74) is 0.896. The van der Waals surface area contributed by atoms with E-state index in [1.165, 1.54) is 30.0 Å². The third-order valence-corrected chi connectivity index (χ3v) is 5.38. The van der Waals surface area contributed by atoms with Gasteiger partial charge in [0.1, 0.15) is 11.1 Å². The second kappa shape index (κ2) is 6.70. The Morgan fingerprint density at radius 3 is 2.64 bits per heavy atom. The van der Waals surface area contributed by atoms with E-state index in [0.29, 0.717) is 12.1 Å². The first kappa shape index (κ1) is 16.2. The summed E-state index contributed by atoms with van der Waals surface area (Å²) in [4.78, 5) is 16.6. The molecule has 1 aromatic carbocycles. The number of hydrogen-bond donors (Lipinski definition) is 0. The van der Waals surface area contributed by atoms with Crippen LogP contribution in [-0.4, -0.2) is 23.7 Å². The molecule has 22 heavy (non-hydrogen) atoms. The fourth-order valence-electron chi connectivity index (χ4n) is 2.14. The Hall–Kier alpha value is -2.21. The molecular formula is C16H18N2O3S. The molecule has 2 aromatic rings. The van der Waals surface area contributed by atoms with Crippen molar-refractivity contribution in [3.8, 4) is 0 Å². The standard InChI is InChI=1S/C16H18N2O3S/c1-3-11-22(20,21)13(2)18-10-9-17-15(16(18)19)12-14-7-5-4-6-8-14/h3-10,13H,1,11-12H2,2H3. The van der Waals surface area contributed by atoms with E-state index in [2.05, 4.69) is 11.6 Å². The monoisotopic (exact) mass is 318 g/mol. The van der Waals surface area contributed by atoms with E-state index in [1.807, 2.05) is 30.3 Å². The van der Waals surface area contributed by atoms with Crippen LogP contribution in [0.1, 0.15) is 23.6 Å². The molecule has 0 spiro atoms. The van der Waals surface area contributed by atoms with Gasteiger partial charge in [0.15, 0.2) is 9.84 Å². The summed E-state index contributed by atoms with van der Waals surface area (Å²) in [5.74, 6) is -0.170. The molecule has 0 amide bonds. The van der Waals surface area contributed by atoms with Gasteiger partial charge in [0, 0.05) is 18.8 Å². The molecule has 0 N–H and O–H groups in total. The summed E-state index contributed by atoms with van der Waals surface area (Å²) < 4.78 is 25.4. The maximum atomic E-state index is 12.5. The molecule has 2 rings (SSSR count). The third kappa shape index (κ3) is 3.51. The van der Waals surface area contributed by atoms with Gasteiger partial charge in [-0.25, -0.2) is 8.42 Å². The van der Waals surface area contributed by atoms with Crippen molar-refractivity contribution in [1.29, 1.82) is 0 Å². The Bertz CT molecular complexity index is 811. The number of nitrogens with zero attached hydrogens (tertiary/aromatic N) is 2. The fraction of sp³-hybridized carbons (Fsp3) is 0.250. The average molecular weight is 318 g/mol. The topological polar surface area (TPSA) is 69.0 Å². The van der Waals surface area contributed by atoms with Gasteiger partial charge in [-0.3, -0.25) is 14.3 Å². The normalized spacial score (nSPS) is 12.8. The van der Waals surface area contributed by atoms with Crippen molar-refractivity contribution in [3.63, 3.8) is 0 Å². The molecule has 0 aliphatic rings. The van der Waals surface area contributed by atoms with Crippen LogP contribution >= 0.6 is 0 Å². The first-order valence-electron chi connectivity index (χ1n) is 6.88. The van der Waals surface area contributed by atoms with E-state index in [1.54, 1.807) is 0 Å². The molecular weight excluding hydrogens is 300 g/mol. The summed E-state index contributed by atoms with van der Waals surface area (Å²) >= 11 is 0. The Kier molecular flexibility index (Phi) is 4.92. The van der Waals surface area contributed by atoms with Gasteiger partial charge in [-0.2, -0.15) is 0 Å². The molecule has 0 radical (unpaired) electrons. The minimum atomic E-state index is -3.46. The minimum Gasteiger partial charge on any atom is -0.295 e. The predicted molar refractivity (Wildman–Crippen MR) is 86.4 cm³/mol. The molecule has 0 saturated carbocycles. The Balaban J connectivity index is 2.38. The summed E-state index contributed by atoms with van der Waals surface area (Å²) in [5, 5.41) is -0.949. The maximum Gasteiger partial charge on any atom is 0.273 e. The SMILES string of the molecule is C=CCS(=O)(=O)C(C)n1ccnc(Cc2ccccc2)c1=O. The van der Waals surface area contributed by atoms with Crippen LogP contribution in [-0.2, 0) is 16.3 Å². The highest BCUT2D eigenvalue weighted by Crippen LogP contribution is 2.13. The van der Waals surface area contributed by atoms with E-state index in [-0.39, 0.29) is 11.3 Å². The Labute approximate surface area is 129 Å². The van der Waals surface area contributed by atoms with Crippen LogP contribution in [0.25, 0.3) is 0 Å².